The number of aliphatic hydroxyl groups excluding tert-OH is 1. The van der Waals surface area contributed by atoms with Gasteiger partial charge in [-0.3, -0.25) is 4.79 Å². The minimum absolute atomic E-state index is 0.264. The largest absolute Gasteiger partial charge is 0.502 e. The third-order valence-electron chi connectivity index (χ3n) is 2.87. The van der Waals surface area contributed by atoms with Gasteiger partial charge in [0.2, 0.25) is 5.76 Å². The molecule has 0 heterocycles. The first-order valence-corrected chi connectivity index (χ1v) is 6.51. The lowest BCUT2D eigenvalue weighted by atomic mass is 10.1. The molecular weight excluding hydrogens is 284 g/mol. The van der Waals surface area contributed by atoms with E-state index in [1.165, 1.54) is 12.1 Å². The average molecular weight is 298 g/mol. The highest BCUT2D eigenvalue weighted by Gasteiger charge is 2.09. The number of carbonyl (C=O) groups excluding carboxylic acids is 1. The van der Waals surface area contributed by atoms with E-state index in [4.69, 9.17) is 14.9 Å². The van der Waals surface area contributed by atoms with Gasteiger partial charge in [-0.05, 0) is 29.8 Å². The number of ether oxygens (including phenoxy) is 1. The summed E-state index contributed by atoms with van der Waals surface area (Å²) in [6.45, 7) is 0.411. The predicted molar refractivity (Wildman–Crippen MR) is 79.9 cm³/mol. The Kier molecular flexibility index (Phi) is 4.93. The molecule has 0 aromatic heterocycles. The second-order valence-corrected chi connectivity index (χ2v) is 4.50. The van der Waals surface area contributed by atoms with E-state index >= 15 is 0 Å². The highest BCUT2D eigenvalue weighted by atomic mass is 16.5. The van der Waals surface area contributed by atoms with Gasteiger partial charge in [0.05, 0.1) is 0 Å². The monoisotopic (exact) mass is 298 g/mol. The number of hydrogen-bond donors (Lipinski definition) is 2. The maximum Gasteiger partial charge on any atom is 0.371 e. The summed E-state index contributed by atoms with van der Waals surface area (Å²) in [7, 11) is 0. The summed E-state index contributed by atoms with van der Waals surface area (Å²) in [5, 5.41) is 17.5. The Morgan fingerprint density at radius 2 is 1.59 bits per heavy atom. The van der Waals surface area contributed by atoms with Gasteiger partial charge in [-0.2, -0.15) is 0 Å². The molecule has 0 amide bonds. The van der Waals surface area contributed by atoms with Gasteiger partial charge in [-0.25, -0.2) is 4.79 Å². The Hall–Kier alpha value is -3.08. The summed E-state index contributed by atoms with van der Waals surface area (Å²) in [4.78, 5) is 22.2. The van der Waals surface area contributed by atoms with Crippen molar-refractivity contribution in [1.82, 2.24) is 0 Å². The number of aliphatic carboxylic acids is 1. The number of carboxylic acid groups (broad SMARTS) is 1. The lowest BCUT2D eigenvalue weighted by Gasteiger charge is -2.06. The number of carboxylic acids is 1. The molecule has 0 aliphatic carbocycles. The molecule has 0 spiro atoms. The van der Waals surface area contributed by atoms with Gasteiger partial charge in [0.1, 0.15) is 12.4 Å². The molecular formula is C17H14O5. The van der Waals surface area contributed by atoms with Crippen molar-refractivity contribution in [3.63, 3.8) is 0 Å². The Morgan fingerprint density at radius 3 is 2.18 bits per heavy atom. The van der Waals surface area contributed by atoms with Gasteiger partial charge >= 0.3 is 5.97 Å². The molecule has 0 saturated carbocycles. The Balaban J connectivity index is 2.00. The molecule has 2 aromatic rings. The molecule has 22 heavy (non-hydrogen) atoms. The number of hydrogen-bond acceptors (Lipinski definition) is 4. The van der Waals surface area contributed by atoms with Crippen molar-refractivity contribution in [3.8, 4) is 5.75 Å². The number of carbonyl (C=O) groups is 2. The summed E-state index contributed by atoms with van der Waals surface area (Å²) < 4.78 is 5.58. The highest BCUT2D eigenvalue weighted by molar-refractivity contribution is 6.07. The van der Waals surface area contributed by atoms with E-state index in [2.05, 4.69) is 0 Å². The summed E-state index contributed by atoms with van der Waals surface area (Å²) in [5.41, 5.74) is 1.29. The van der Waals surface area contributed by atoms with Gasteiger partial charge in [-0.1, -0.05) is 30.3 Å². The zero-order chi connectivity index (χ0) is 15.9. The Bertz CT molecular complexity index is 687. The number of aliphatic hydroxyl groups is 1. The summed E-state index contributed by atoms with van der Waals surface area (Å²) in [6.07, 6.45) is 0.669. The van der Waals surface area contributed by atoms with Crippen molar-refractivity contribution in [2.75, 3.05) is 0 Å². The highest BCUT2D eigenvalue weighted by Crippen LogP contribution is 2.15. The first-order chi connectivity index (χ1) is 10.6. The lowest BCUT2D eigenvalue weighted by molar-refractivity contribution is -0.135. The molecule has 112 valence electrons. The lowest BCUT2D eigenvalue weighted by Crippen LogP contribution is -2.04. The molecule has 0 aliphatic heterocycles. The van der Waals surface area contributed by atoms with Crippen LogP contribution in [-0.2, 0) is 11.4 Å². The minimum atomic E-state index is -1.55. The van der Waals surface area contributed by atoms with Gasteiger partial charge in [0.25, 0.3) is 0 Å². The average Bonchev–Trinajstić information content (AvgIpc) is 2.54. The van der Waals surface area contributed by atoms with Crippen molar-refractivity contribution < 1.29 is 24.5 Å². The molecule has 0 saturated heterocycles. The fourth-order valence-corrected chi connectivity index (χ4v) is 1.73. The number of benzene rings is 2. The van der Waals surface area contributed by atoms with E-state index in [-0.39, 0.29) is 5.56 Å². The van der Waals surface area contributed by atoms with Crippen LogP contribution in [0, 0.1) is 0 Å². The van der Waals surface area contributed by atoms with E-state index in [1.54, 1.807) is 12.1 Å². The molecule has 0 bridgehead atoms. The van der Waals surface area contributed by atoms with Crippen molar-refractivity contribution in [1.29, 1.82) is 0 Å². The number of allylic oxidation sites excluding steroid dienone is 1. The molecule has 5 nitrogen and oxygen atoms in total. The van der Waals surface area contributed by atoms with Crippen molar-refractivity contribution in [3.05, 3.63) is 77.6 Å². The maximum absolute atomic E-state index is 11.7. The van der Waals surface area contributed by atoms with Gasteiger partial charge < -0.3 is 14.9 Å². The number of rotatable bonds is 6. The van der Waals surface area contributed by atoms with E-state index in [0.717, 1.165) is 5.56 Å². The van der Waals surface area contributed by atoms with Crippen LogP contribution in [0.1, 0.15) is 15.9 Å². The van der Waals surface area contributed by atoms with Crippen LogP contribution in [0.2, 0.25) is 0 Å². The van der Waals surface area contributed by atoms with Gasteiger partial charge in [-0.15, -0.1) is 0 Å². The molecule has 2 N–H and O–H groups in total. The molecule has 0 aliphatic rings. The Labute approximate surface area is 127 Å². The predicted octanol–water partition coefficient (Wildman–Crippen LogP) is 2.97. The zero-order valence-corrected chi connectivity index (χ0v) is 11.6. The first kappa shape index (κ1) is 15.3. The van der Waals surface area contributed by atoms with E-state index in [9.17, 15) is 9.59 Å². The fourth-order valence-electron chi connectivity index (χ4n) is 1.73. The van der Waals surface area contributed by atoms with Gasteiger partial charge in [0, 0.05) is 11.6 Å². The van der Waals surface area contributed by atoms with Crippen molar-refractivity contribution in [2.24, 2.45) is 0 Å². The van der Waals surface area contributed by atoms with Crippen LogP contribution in [0.25, 0.3) is 0 Å². The molecule has 0 radical (unpaired) electrons. The van der Waals surface area contributed by atoms with Crippen LogP contribution in [0.4, 0.5) is 0 Å². The second kappa shape index (κ2) is 7.08. The van der Waals surface area contributed by atoms with E-state index in [1.807, 2.05) is 30.3 Å². The van der Waals surface area contributed by atoms with Crippen LogP contribution < -0.4 is 4.74 Å². The normalized spacial score (nSPS) is 11.0. The van der Waals surface area contributed by atoms with Crippen molar-refractivity contribution in [2.45, 2.75) is 6.61 Å². The molecule has 5 heteroatoms. The van der Waals surface area contributed by atoms with Crippen LogP contribution in [0.3, 0.4) is 0 Å². The third kappa shape index (κ3) is 4.21. The SMILES string of the molecule is O=C(O)/C(O)=C\C(=O)c1ccc(OCc2ccccc2)cc1. The molecule has 0 fully saturated rings. The van der Waals surface area contributed by atoms with Gasteiger partial charge in [0.15, 0.2) is 5.78 Å². The summed E-state index contributed by atoms with van der Waals surface area (Å²) in [6, 6.07) is 15.9. The van der Waals surface area contributed by atoms with Crippen molar-refractivity contribution >= 4 is 11.8 Å². The molecule has 2 aromatic carbocycles. The minimum Gasteiger partial charge on any atom is -0.502 e. The third-order valence-corrected chi connectivity index (χ3v) is 2.87. The maximum atomic E-state index is 11.7. The number of ketones is 1. The van der Waals surface area contributed by atoms with E-state index < -0.39 is 17.5 Å². The summed E-state index contributed by atoms with van der Waals surface area (Å²) >= 11 is 0. The summed E-state index contributed by atoms with van der Waals surface area (Å²) in [5.74, 6) is -2.54. The zero-order valence-electron chi connectivity index (χ0n) is 11.6. The van der Waals surface area contributed by atoms with E-state index in [0.29, 0.717) is 18.4 Å². The molecule has 0 unspecified atom stereocenters. The smallest absolute Gasteiger partial charge is 0.371 e. The van der Waals surface area contributed by atoms with Crippen LogP contribution in [0.5, 0.6) is 5.75 Å². The van der Waals surface area contributed by atoms with Crippen LogP contribution in [-0.4, -0.2) is 22.0 Å². The van der Waals surface area contributed by atoms with Crippen LogP contribution >= 0.6 is 0 Å². The standard InChI is InChI=1S/C17H14O5/c18-15(10-16(19)17(20)21)13-6-8-14(9-7-13)22-11-12-4-2-1-3-5-12/h1-10,19H,11H2,(H,20,21)/b16-10+. The Morgan fingerprint density at radius 1 is 0.955 bits per heavy atom. The second-order valence-electron chi connectivity index (χ2n) is 4.50. The fraction of sp³-hybridized carbons (Fsp3) is 0.0588. The molecule has 2 rings (SSSR count). The van der Waals surface area contributed by atoms with Crippen LogP contribution in [0.15, 0.2) is 66.4 Å². The first-order valence-electron chi connectivity index (χ1n) is 6.51. The quantitative estimate of drug-likeness (QED) is 0.486. The molecule has 0 atom stereocenters. The topological polar surface area (TPSA) is 83.8 Å².